The monoisotopic (exact) mass is 350 g/mol. The van der Waals surface area contributed by atoms with Gasteiger partial charge in [0.15, 0.2) is 0 Å². The molecule has 3 heteroatoms. The summed E-state index contributed by atoms with van der Waals surface area (Å²) in [6.45, 7) is 4.11. The van der Waals surface area contributed by atoms with Crippen molar-refractivity contribution in [2.75, 3.05) is 0 Å². The van der Waals surface area contributed by atoms with E-state index in [1.54, 1.807) is 0 Å². The van der Waals surface area contributed by atoms with Crippen LogP contribution in [-0.2, 0) is 12.8 Å². The van der Waals surface area contributed by atoms with Crippen molar-refractivity contribution in [3.8, 4) is 0 Å². The zero-order chi connectivity index (χ0) is 16.2. The number of benzene rings is 2. The molecule has 0 nitrogen and oxygen atoms in total. The normalized spacial score (nSPS) is 13.1. The molecule has 0 radical (unpaired) electrons. The molecule has 2 aromatic carbocycles. The van der Waals surface area contributed by atoms with Crippen molar-refractivity contribution >= 4 is 34.0 Å². The molecule has 1 atom stereocenters. The lowest BCUT2D eigenvalue weighted by molar-refractivity contribution is 0.856. The van der Waals surface area contributed by atoms with Crippen LogP contribution in [0, 0.1) is 0 Å². The maximum Gasteiger partial charge on any atom is 0.281 e. The average Bonchev–Trinajstić information content (AvgIpc) is 2.54. The molecule has 118 valence electrons. The molecule has 2 rings (SSSR count). The molecule has 0 heterocycles. The Labute approximate surface area is 144 Å². The highest BCUT2D eigenvalue weighted by molar-refractivity contribution is 7.51. The first-order valence-electron chi connectivity index (χ1n) is 8.03. The van der Waals surface area contributed by atoms with Crippen molar-refractivity contribution in [3.05, 3.63) is 65.2 Å². The van der Waals surface area contributed by atoms with E-state index in [-0.39, 0.29) is 0 Å². The average molecular weight is 351 g/mol. The lowest BCUT2D eigenvalue weighted by Crippen LogP contribution is -2.40. The van der Waals surface area contributed by atoms with Crippen LogP contribution in [0.4, 0.5) is 0 Å². The minimum absolute atomic E-state index is 0.373. The van der Waals surface area contributed by atoms with E-state index in [0.717, 1.165) is 18.9 Å². The molecule has 1 unspecified atom stereocenters. The molecule has 0 saturated carbocycles. The van der Waals surface area contributed by atoms with E-state index in [9.17, 15) is 0 Å². The summed E-state index contributed by atoms with van der Waals surface area (Å²) in [6.07, 6.45) is 2.02. The molecule has 0 aliphatic heterocycles. The highest BCUT2D eigenvalue weighted by atomic mass is 35.7. The summed E-state index contributed by atoms with van der Waals surface area (Å²) in [7, 11) is 0. The van der Waals surface area contributed by atoms with Crippen molar-refractivity contribution < 1.29 is 0 Å². The molecule has 2 aromatic rings. The van der Waals surface area contributed by atoms with Crippen molar-refractivity contribution in [1.82, 2.24) is 0 Å². The Kier molecular flexibility index (Phi) is 6.14. The van der Waals surface area contributed by atoms with Crippen LogP contribution in [-0.4, -0.2) is 6.69 Å². The minimum Gasteiger partial charge on any atom is -0.140 e. The van der Waals surface area contributed by atoms with Gasteiger partial charge in [0.1, 0.15) is 0 Å². The van der Waals surface area contributed by atoms with Gasteiger partial charge < -0.3 is 0 Å². The fourth-order valence-corrected chi connectivity index (χ4v) is 7.91. The Balaban J connectivity index is 2.30. The number of halogens is 2. The lowest BCUT2D eigenvalue weighted by atomic mass is 10.0. The van der Waals surface area contributed by atoms with Gasteiger partial charge in [0.2, 0.25) is 0 Å². The van der Waals surface area contributed by atoms with Gasteiger partial charge in [-0.2, -0.15) is 0 Å². The van der Waals surface area contributed by atoms with E-state index >= 15 is 0 Å². The molecule has 0 fully saturated rings. The lowest BCUT2D eigenvalue weighted by Gasteiger charge is -2.25. The van der Waals surface area contributed by atoms with Gasteiger partial charge in [0.25, 0.3) is 6.69 Å². The van der Waals surface area contributed by atoms with E-state index in [1.807, 2.05) is 6.07 Å². The Bertz CT molecular complexity index is 608. The molecule has 0 spiro atoms. The molecule has 0 saturated heterocycles. The SMILES string of the molecule is CCc1cccc([Si](Cl)(Cl)CC(C)c2ccccc2)c1CC. The third-order valence-electron chi connectivity index (χ3n) is 4.33. The fraction of sp³-hybridized carbons (Fsp3) is 0.368. The molecule has 0 aromatic heterocycles. The first kappa shape index (κ1) is 17.6. The number of aryl methyl sites for hydroxylation is 1. The van der Waals surface area contributed by atoms with E-state index < -0.39 is 6.69 Å². The topological polar surface area (TPSA) is 0 Å². The van der Waals surface area contributed by atoms with E-state index in [0.29, 0.717) is 5.92 Å². The Morgan fingerprint density at radius 3 is 2.18 bits per heavy atom. The zero-order valence-corrected chi connectivity index (χ0v) is 16.1. The van der Waals surface area contributed by atoms with E-state index in [2.05, 4.69) is 63.2 Å². The van der Waals surface area contributed by atoms with Gasteiger partial charge in [-0.05, 0) is 46.7 Å². The second kappa shape index (κ2) is 7.67. The van der Waals surface area contributed by atoms with Crippen LogP contribution in [0.1, 0.15) is 43.4 Å². The van der Waals surface area contributed by atoms with Crippen molar-refractivity contribution in [2.24, 2.45) is 0 Å². The summed E-state index contributed by atoms with van der Waals surface area (Å²) < 4.78 is 0. The van der Waals surface area contributed by atoms with Crippen LogP contribution in [0.15, 0.2) is 48.5 Å². The summed E-state index contributed by atoms with van der Waals surface area (Å²) >= 11 is 13.8. The second-order valence-electron chi connectivity index (χ2n) is 5.87. The molecule has 0 aliphatic rings. The van der Waals surface area contributed by atoms with Crippen molar-refractivity contribution in [1.29, 1.82) is 0 Å². The van der Waals surface area contributed by atoms with Crippen molar-refractivity contribution in [3.63, 3.8) is 0 Å². The number of hydrogen-bond acceptors (Lipinski definition) is 0. The van der Waals surface area contributed by atoms with Gasteiger partial charge in [-0.25, -0.2) is 0 Å². The standard InChI is InChI=1S/C19H24Cl2Si/c1-4-16-12-9-13-19(18(16)5-2)22(20,21)14-15(3)17-10-7-6-8-11-17/h6-13,15H,4-5,14H2,1-3H3. The van der Waals surface area contributed by atoms with Crippen LogP contribution in [0.2, 0.25) is 6.04 Å². The summed E-state index contributed by atoms with van der Waals surface area (Å²) in [6, 6.07) is 17.8. The second-order valence-corrected chi connectivity index (χ2v) is 12.7. The Morgan fingerprint density at radius 1 is 0.909 bits per heavy atom. The summed E-state index contributed by atoms with van der Waals surface area (Å²) in [5.74, 6) is 0.373. The van der Waals surface area contributed by atoms with Crippen LogP contribution in [0.3, 0.4) is 0 Å². The molecule has 0 bridgehead atoms. The first-order valence-corrected chi connectivity index (χ1v) is 12.3. The Morgan fingerprint density at radius 2 is 1.59 bits per heavy atom. The summed E-state index contributed by atoms with van der Waals surface area (Å²) in [4.78, 5) is 0. The predicted molar refractivity (Wildman–Crippen MR) is 102 cm³/mol. The van der Waals surface area contributed by atoms with Crippen molar-refractivity contribution in [2.45, 2.75) is 45.6 Å². The van der Waals surface area contributed by atoms with Crippen LogP contribution in [0.25, 0.3) is 0 Å². The number of hydrogen-bond donors (Lipinski definition) is 0. The molecule has 0 amide bonds. The van der Waals surface area contributed by atoms with Gasteiger partial charge in [-0.1, -0.05) is 69.3 Å². The third-order valence-corrected chi connectivity index (χ3v) is 8.86. The van der Waals surface area contributed by atoms with Gasteiger partial charge in [0, 0.05) is 0 Å². The molecule has 0 N–H and O–H groups in total. The molecular formula is C19H24Cl2Si. The smallest absolute Gasteiger partial charge is 0.140 e. The zero-order valence-electron chi connectivity index (χ0n) is 13.6. The quantitative estimate of drug-likeness (QED) is 0.460. The highest BCUT2D eigenvalue weighted by Crippen LogP contribution is 2.32. The van der Waals surface area contributed by atoms with Gasteiger partial charge in [-0.15, -0.1) is 22.2 Å². The maximum absolute atomic E-state index is 6.92. The molecule has 0 aliphatic carbocycles. The van der Waals surface area contributed by atoms with Gasteiger partial charge in [0.05, 0.1) is 0 Å². The van der Waals surface area contributed by atoms with E-state index in [1.165, 1.54) is 21.9 Å². The van der Waals surface area contributed by atoms with Crippen LogP contribution in [0.5, 0.6) is 0 Å². The van der Waals surface area contributed by atoms with Gasteiger partial charge in [-0.3, -0.25) is 0 Å². The largest absolute Gasteiger partial charge is 0.281 e. The van der Waals surface area contributed by atoms with Crippen LogP contribution >= 0.6 is 22.2 Å². The predicted octanol–water partition coefficient (Wildman–Crippen LogP) is 5.74. The maximum atomic E-state index is 6.92. The van der Waals surface area contributed by atoms with E-state index in [4.69, 9.17) is 22.2 Å². The molecule has 22 heavy (non-hydrogen) atoms. The summed E-state index contributed by atoms with van der Waals surface area (Å²) in [5.41, 5.74) is 4.05. The van der Waals surface area contributed by atoms with Gasteiger partial charge >= 0.3 is 0 Å². The first-order chi connectivity index (χ1) is 10.5. The summed E-state index contributed by atoms with van der Waals surface area (Å²) in [5, 5.41) is 1.21. The third kappa shape index (κ3) is 3.95. The Hall–Kier alpha value is -0.763. The number of rotatable bonds is 6. The molecular weight excluding hydrogens is 327 g/mol. The fourth-order valence-electron chi connectivity index (χ4n) is 3.12. The highest BCUT2D eigenvalue weighted by Gasteiger charge is 2.35. The minimum atomic E-state index is -2.49. The van der Waals surface area contributed by atoms with Crippen LogP contribution < -0.4 is 5.19 Å².